The number of fused-ring (bicyclic) bond motifs is 1. The standard InChI is InChI=1S/C18H20ClNO3S/c1-3-12(2)20-16(21)10-23-17(22)11-24-15-9-5-7-13-6-4-8-14(19)18(13)15/h4-9,12H,3,10-11H2,1-2H3,(H,20,21)/t12-/m1/s1. The van der Waals surface area contributed by atoms with Gasteiger partial charge in [0.1, 0.15) is 0 Å². The third-order valence-electron chi connectivity index (χ3n) is 3.55. The van der Waals surface area contributed by atoms with Crippen LogP contribution in [0.1, 0.15) is 20.3 Å². The van der Waals surface area contributed by atoms with Gasteiger partial charge in [0.15, 0.2) is 6.61 Å². The predicted octanol–water partition coefficient (Wildman–Crippen LogP) is 4.04. The number of amides is 1. The summed E-state index contributed by atoms with van der Waals surface area (Å²) in [6.45, 7) is 3.63. The van der Waals surface area contributed by atoms with Crippen LogP contribution in [0.2, 0.25) is 5.02 Å². The fraction of sp³-hybridized carbons (Fsp3) is 0.333. The second-order valence-electron chi connectivity index (χ2n) is 5.42. The van der Waals surface area contributed by atoms with E-state index in [9.17, 15) is 9.59 Å². The average molecular weight is 366 g/mol. The van der Waals surface area contributed by atoms with Crippen LogP contribution in [0.25, 0.3) is 10.8 Å². The van der Waals surface area contributed by atoms with Gasteiger partial charge >= 0.3 is 5.97 Å². The first-order valence-corrected chi connectivity index (χ1v) is 9.12. The highest BCUT2D eigenvalue weighted by Gasteiger charge is 2.12. The number of ether oxygens (including phenoxy) is 1. The smallest absolute Gasteiger partial charge is 0.316 e. The summed E-state index contributed by atoms with van der Waals surface area (Å²) >= 11 is 7.61. The molecular weight excluding hydrogens is 346 g/mol. The lowest BCUT2D eigenvalue weighted by atomic mass is 10.1. The summed E-state index contributed by atoms with van der Waals surface area (Å²) in [5, 5.41) is 5.35. The van der Waals surface area contributed by atoms with E-state index < -0.39 is 5.97 Å². The monoisotopic (exact) mass is 365 g/mol. The second-order valence-corrected chi connectivity index (χ2v) is 6.84. The van der Waals surface area contributed by atoms with E-state index in [1.165, 1.54) is 11.8 Å². The zero-order chi connectivity index (χ0) is 17.5. The molecule has 2 aromatic carbocycles. The number of nitrogens with one attached hydrogen (secondary N) is 1. The number of halogens is 1. The zero-order valence-electron chi connectivity index (χ0n) is 13.7. The molecule has 2 aromatic rings. The van der Waals surface area contributed by atoms with E-state index in [-0.39, 0.29) is 24.3 Å². The maximum absolute atomic E-state index is 11.8. The number of esters is 1. The molecule has 0 heterocycles. The molecular formula is C18H20ClNO3S. The van der Waals surface area contributed by atoms with Crippen molar-refractivity contribution in [3.05, 3.63) is 41.4 Å². The molecule has 0 unspecified atom stereocenters. The van der Waals surface area contributed by atoms with Crippen molar-refractivity contribution in [2.45, 2.75) is 31.2 Å². The highest BCUT2D eigenvalue weighted by atomic mass is 35.5. The van der Waals surface area contributed by atoms with E-state index >= 15 is 0 Å². The van der Waals surface area contributed by atoms with Gasteiger partial charge in [-0.3, -0.25) is 9.59 Å². The molecule has 0 fully saturated rings. The summed E-state index contributed by atoms with van der Waals surface area (Å²) in [4.78, 5) is 24.4. The molecule has 0 aliphatic heterocycles. The SMILES string of the molecule is CC[C@@H](C)NC(=O)COC(=O)CSc1cccc2cccc(Cl)c12. The van der Waals surface area contributed by atoms with Crippen molar-refractivity contribution in [1.29, 1.82) is 0 Å². The number of carbonyl (C=O) groups excluding carboxylic acids is 2. The van der Waals surface area contributed by atoms with Gasteiger partial charge in [0.05, 0.1) is 5.75 Å². The van der Waals surface area contributed by atoms with Crippen LogP contribution in [0.3, 0.4) is 0 Å². The molecule has 1 amide bonds. The summed E-state index contributed by atoms with van der Waals surface area (Å²) < 4.78 is 5.01. The minimum absolute atomic E-state index is 0.0726. The molecule has 0 radical (unpaired) electrons. The number of thioether (sulfide) groups is 1. The summed E-state index contributed by atoms with van der Waals surface area (Å²) in [5.74, 6) is -0.583. The summed E-state index contributed by atoms with van der Waals surface area (Å²) in [5.41, 5.74) is 0. The molecule has 24 heavy (non-hydrogen) atoms. The average Bonchev–Trinajstić information content (AvgIpc) is 2.58. The molecule has 0 saturated heterocycles. The van der Waals surface area contributed by atoms with Crippen molar-refractivity contribution >= 4 is 46.0 Å². The van der Waals surface area contributed by atoms with Crippen molar-refractivity contribution in [1.82, 2.24) is 5.32 Å². The summed E-state index contributed by atoms with van der Waals surface area (Å²) in [7, 11) is 0. The molecule has 1 N–H and O–H groups in total. The molecule has 6 heteroatoms. The number of hydrogen-bond acceptors (Lipinski definition) is 4. The third kappa shape index (κ3) is 5.14. The van der Waals surface area contributed by atoms with E-state index in [4.69, 9.17) is 16.3 Å². The van der Waals surface area contributed by atoms with E-state index in [0.717, 1.165) is 22.1 Å². The van der Waals surface area contributed by atoms with Gasteiger partial charge in [-0.25, -0.2) is 0 Å². The van der Waals surface area contributed by atoms with Crippen molar-refractivity contribution in [2.24, 2.45) is 0 Å². The first-order chi connectivity index (χ1) is 11.5. The molecule has 4 nitrogen and oxygen atoms in total. The Labute approximate surface area is 150 Å². The number of rotatable bonds is 7. The van der Waals surface area contributed by atoms with Gasteiger partial charge in [0.25, 0.3) is 5.91 Å². The quantitative estimate of drug-likeness (QED) is 0.594. The molecule has 2 rings (SSSR count). The Hall–Kier alpha value is -1.72. The molecule has 0 aromatic heterocycles. The molecule has 0 aliphatic rings. The van der Waals surface area contributed by atoms with E-state index in [1.807, 2.05) is 50.2 Å². The van der Waals surface area contributed by atoms with Gasteiger partial charge in [-0.05, 0) is 30.9 Å². The summed E-state index contributed by atoms with van der Waals surface area (Å²) in [6.07, 6.45) is 0.831. The maximum Gasteiger partial charge on any atom is 0.316 e. The van der Waals surface area contributed by atoms with Gasteiger partial charge < -0.3 is 10.1 Å². The van der Waals surface area contributed by atoms with Crippen molar-refractivity contribution in [3.8, 4) is 0 Å². The first kappa shape index (κ1) is 18.6. The van der Waals surface area contributed by atoms with Gasteiger partial charge in [-0.1, -0.05) is 42.8 Å². The van der Waals surface area contributed by atoms with Crippen LogP contribution in [-0.4, -0.2) is 30.3 Å². The lowest BCUT2D eigenvalue weighted by molar-refractivity contribution is -0.146. The van der Waals surface area contributed by atoms with Crippen molar-refractivity contribution in [2.75, 3.05) is 12.4 Å². The Balaban J connectivity index is 1.90. The maximum atomic E-state index is 11.8. The van der Waals surface area contributed by atoms with Gasteiger partial charge in [0, 0.05) is 21.3 Å². The fourth-order valence-corrected chi connectivity index (χ4v) is 3.37. The lowest BCUT2D eigenvalue weighted by Gasteiger charge is -2.11. The summed E-state index contributed by atoms with van der Waals surface area (Å²) in [6, 6.07) is 11.6. The normalized spacial score (nSPS) is 12.0. The van der Waals surface area contributed by atoms with Crippen LogP contribution < -0.4 is 5.32 Å². The van der Waals surface area contributed by atoms with Crippen molar-refractivity contribution < 1.29 is 14.3 Å². The molecule has 0 aliphatic carbocycles. The van der Waals surface area contributed by atoms with Crippen LogP contribution in [0.5, 0.6) is 0 Å². The van der Waals surface area contributed by atoms with Gasteiger partial charge in [-0.15, -0.1) is 11.8 Å². The number of carbonyl (C=O) groups is 2. The van der Waals surface area contributed by atoms with E-state index in [1.54, 1.807) is 0 Å². The number of benzene rings is 2. The van der Waals surface area contributed by atoms with E-state index in [0.29, 0.717) is 5.02 Å². The van der Waals surface area contributed by atoms with Crippen LogP contribution >= 0.6 is 23.4 Å². The Morgan fingerprint density at radius 2 is 1.96 bits per heavy atom. The predicted molar refractivity (Wildman–Crippen MR) is 98.5 cm³/mol. The minimum Gasteiger partial charge on any atom is -0.455 e. The molecule has 0 spiro atoms. The van der Waals surface area contributed by atoms with Crippen LogP contribution in [0.4, 0.5) is 0 Å². The lowest BCUT2D eigenvalue weighted by Crippen LogP contribution is -2.35. The van der Waals surface area contributed by atoms with Crippen LogP contribution in [-0.2, 0) is 14.3 Å². The third-order valence-corrected chi connectivity index (χ3v) is 4.89. The first-order valence-electron chi connectivity index (χ1n) is 7.76. The number of hydrogen-bond donors (Lipinski definition) is 1. The van der Waals surface area contributed by atoms with Gasteiger partial charge in [-0.2, -0.15) is 0 Å². The Bertz CT molecular complexity index is 730. The van der Waals surface area contributed by atoms with E-state index in [2.05, 4.69) is 5.32 Å². The zero-order valence-corrected chi connectivity index (χ0v) is 15.2. The minimum atomic E-state index is -0.427. The Morgan fingerprint density at radius 3 is 2.67 bits per heavy atom. The molecule has 0 saturated carbocycles. The highest BCUT2D eigenvalue weighted by Crippen LogP contribution is 2.33. The molecule has 1 atom stereocenters. The fourth-order valence-electron chi connectivity index (χ4n) is 2.13. The van der Waals surface area contributed by atoms with Crippen LogP contribution in [0, 0.1) is 0 Å². The molecule has 0 bridgehead atoms. The Kier molecular flexibility index (Phi) is 6.94. The van der Waals surface area contributed by atoms with Crippen LogP contribution in [0.15, 0.2) is 41.3 Å². The second kappa shape index (κ2) is 8.94. The topological polar surface area (TPSA) is 55.4 Å². The van der Waals surface area contributed by atoms with Crippen molar-refractivity contribution in [3.63, 3.8) is 0 Å². The largest absolute Gasteiger partial charge is 0.455 e. The Morgan fingerprint density at radius 1 is 1.25 bits per heavy atom. The van der Waals surface area contributed by atoms with Gasteiger partial charge in [0.2, 0.25) is 0 Å². The molecule has 128 valence electrons. The highest BCUT2D eigenvalue weighted by molar-refractivity contribution is 8.00.